The standard InChI is InChI=1S/C13H17ClN4O/c1-7-5-6-10-12(16-7)18(9(3)13(19)15-4)11(17-10)8(2)14/h5-6,8-9H,1-4H3,(H,15,19). The normalized spacial score (nSPS) is 14.4. The lowest BCUT2D eigenvalue weighted by Gasteiger charge is -2.16. The van der Waals surface area contributed by atoms with Crippen molar-refractivity contribution in [2.24, 2.45) is 0 Å². The van der Waals surface area contributed by atoms with Gasteiger partial charge in [-0.05, 0) is 32.9 Å². The molecular formula is C13H17ClN4O. The zero-order valence-corrected chi connectivity index (χ0v) is 12.2. The lowest BCUT2D eigenvalue weighted by atomic mass is 10.3. The van der Waals surface area contributed by atoms with E-state index in [1.807, 2.05) is 32.9 Å². The van der Waals surface area contributed by atoms with Gasteiger partial charge in [0.1, 0.15) is 17.4 Å². The van der Waals surface area contributed by atoms with Gasteiger partial charge in [-0.3, -0.25) is 9.36 Å². The van der Waals surface area contributed by atoms with Crippen LogP contribution < -0.4 is 5.32 Å². The van der Waals surface area contributed by atoms with E-state index in [-0.39, 0.29) is 11.3 Å². The number of fused-ring (bicyclic) bond motifs is 1. The molecule has 0 saturated carbocycles. The van der Waals surface area contributed by atoms with E-state index in [9.17, 15) is 4.79 Å². The molecule has 0 spiro atoms. The first-order valence-corrected chi connectivity index (χ1v) is 6.60. The van der Waals surface area contributed by atoms with E-state index >= 15 is 0 Å². The van der Waals surface area contributed by atoms with E-state index in [2.05, 4.69) is 15.3 Å². The number of aromatic nitrogens is 3. The maximum absolute atomic E-state index is 11.9. The number of nitrogens with zero attached hydrogens (tertiary/aromatic N) is 3. The van der Waals surface area contributed by atoms with Crippen LogP contribution in [0.15, 0.2) is 12.1 Å². The minimum Gasteiger partial charge on any atom is -0.357 e. The lowest BCUT2D eigenvalue weighted by molar-refractivity contribution is -0.123. The fourth-order valence-corrected chi connectivity index (χ4v) is 2.23. The highest BCUT2D eigenvalue weighted by molar-refractivity contribution is 6.20. The number of pyridine rings is 1. The largest absolute Gasteiger partial charge is 0.357 e. The van der Waals surface area contributed by atoms with Crippen molar-refractivity contribution in [3.8, 4) is 0 Å². The Bertz CT molecular complexity index is 620. The molecular weight excluding hydrogens is 264 g/mol. The van der Waals surface area contributed by atoms with Gasteiger partial charge in [0.05, 0.1) is 5.38 Å². The van der Waals surface area contributed by atoms with Crippen LogP contribution in [0, 0.1) is 6.92 Å². The number of imidazole rings is 1. The molecule has 1 N–H and O–H groups in total. The van der Waals surface area contributed by atoms with Gasteiger partial charge < -0.3 is 5.32 Å². The van der Waals surface area contributed by atoms with Crippen LogP contribution in [0.3, 0.4) is 0 Å². The molecule has 19 heavy (non-hydrogen) atoms. The predicted molar refractivity (Wildman–Crippen MR) is 75.3 cm³/mol. The van der Waals surface area contributed by atoms with Crippen LogP contribution in [-0.4, -0.2) is 27.5 Å². The summed E-state index contributed by atoms with van der Waals surface area (Å²) in [6, 6.07) is 3.39. The Kier molecular flexibility index (Phi) is 3.75. The van der Waals surface area contributed by atoms with Gasteiger partial charge in [0, 0.05) is 12.7 Å². The topological polar surface area (TPSA) is 59.8 Å². The Balaban J connectivity index is 2.70. The summed E-state index contributed by atoms with van der Waals surface area (Å²) in [5.41, 5.74) is 2.33. The summed E-state index contributed by atoms with van der Waals surface area (Å²) < 4.78 is 1.80. The number of carbonyl (C=O) groups is 1. The molecule has 1 amide bonds. The number of aryl methyl sites for hydroxylation is 1. The van der Waals surface area contributed by atoms with Gasteiger partial charge in [0.2, 0.25) is 5.91 Å². The van der Waals surface area contributed by atoms with Crippen molar-refractivity contribution in [3.63, 3.8) is 0 Å². The number of halogens is 1. The van der Waals surface area contributed by atoms with E-state index in [1.165, 1.54) is 0 Å². The van der Waals surface area contributed by atoms with E-state index in [4.69, 9.17) is 11.6 Å². The average molecular weight is 281 g/mol. The van der Waals surface area contributed by atoms with Gasteiger partial charge >= 0.3 is 0 Å². The first kappa shape index (κ1) is 13.8. The molecule has 0 bridgehead atoms. The number of nitrogens with one attached hydrogen (secondary N) is 1. The fraction of sp³-hybridized carbons (Fsp3) is 0.462. The highest BCUT2D eigenvalue weighted by atomic mass is 35.5. The molecule has 0 aliphatic carbocycles. The van der Waals surface area contributed by atoms with Crippen molar-refractivity contribution >= 4 is 28.7 Å². The summed E-state index contributed by atoms with van der Waals surface area (Å²) in [7, 11) is 1.61. The number of hydrogen-bond acceptors (Lipinski definition) is 3. The summed E-state index contributed by atoms with van der Waals surface area (Å²) in [6.07, 6.45) is 0. The van der Waals surface area contributed by atoms with Crippen LogP contribution in [-0.2, 0) is 4.79 Å². The van der Waals surface area contributed by atoms with Gasteiger partial charge in [-0.15, -0.1) is 11.6 Å². The smallest absolute Gasteiger partial charge is 0.242 e. The van der Waals surface area contributed by atoms with Crippen molar-refractivity contribution in [3.05, 3.63) is 23.7 Å². The molecule has 0 radical (unpaired) electrons. The van der Waals surface area contributed by atoms with Gasteiger partial charge in [0.15, 0.2) is 5.65 Å². The summed E-state index contributed by atoms with van der Waals surface area (Å²) in [6.45, 7) is 5.56. The first-order chi connectivity index (χ1) is 8.95. The summed E-state index contributed by atoms with van der Waals surface area (Å²) in [5.74, 6) is 0.562. The molecule has 2 atom stereocenters. The minimum absolute atomic E-state index is 0.0961. The van der Waals surface area contributed by atoms with Crippen LogP contribution in [0.2, 0.25) is 0 Å². The molecule has 0 saturated heterocycles. The van der Waals surface area contributed by atoms with Gasteiger partial charge in [-0.2, -0.15) is 0 Å². The van der Waals surface area contributed by atoms with Crippen LogP contribution in [0.1, 0.15) is 36.8 Å². The van der Waals surface area contributed by atoms with E-state index in [1.54, 1.807) is 11.6 Å². The molecule has 0 fully saturated rings. The van der Waals surface area contributed by atoms with Crippen LogP contribution in [0.25, 0.3) is 11.2 Å². The number of alkyl halides is 1. The van der Waals surface area contributed by atoms with Gasteiger partial charge in [-0.25, -0.2) is 9.97 Å². The van der Waals surface area contributed by atoms with Crippen LogP contribution in [0.4, 0.5) is 0 Å². The molecule has 2 aromatic rings. The Morgan fingerprint density at radius 2 is 2.05 bits per heavy atom. The molecule has 102 valence electrons. The molecule has 0 aromatic carbocycles. The Morgan fingerprint density at radius 1 is 1.37 bits per heavy atom. The third-order valence-corrected chi connectivity index (χ3v) is 3.27. The fourth-order valence-electron chi connectivity index (χ4n) is 2.07. The SMILES string of the molecule is CNC(=O)C(C)n1c(C(C)Cl)nc2ccc(C)nc21. The van der Waals surface area contributed by atoms with Crippen molar-refractivity contribution in [1.29, 1.82) is 0 Å². The Hall–Kier alpha value is -1.62. The Morgan fingerprint density at radius 3 is 2.63 bits per heavy atom. The molecule has 2 aromatic heterocycles. The molecule has 0 aliphatic rings. The lowest BCUT2D eigenvalue weighted by Crippen LogP contribution is -2.29. The van der Waals surface area contributed by atoms with Crippen molar-refractivity contribution < 1.29 is 4.79 Å². The number of hydrogen-bond donors (Lipinski definition) is 1. The molecule has 0 aliphatic heterocycles. The third kappa shape index (κ3) is 2.42. The molecule has 5 nitrogen and oxygen atoms in total. The third-order valence-electron chi connectivity index (χ3n) is 3.07. The van der Waals surface area contributed by atoms with E-state index < -0.39 is 6.04 Å². The summed E-state index contributed by atoms with van der Waals surface area (Å²) in [4.78, 5) is 20.8. The maximum atomic E-state index is 11.9. The maximum Gasteiger partial charge on any atom is 0.242 e. The second-order valence-electron chi connectivity index (χ2n) is 4.54. The summed E-state index contributed by atoms with van der Waals surface area (Å²) in [5, 5.41) is 2.35. The zero-order chi connectivity index (χ0) is 14.2. The van der Waals surface area contributed by atoms with Crippen molar-refractivity contribution in [2.75, 3.05) is 7.05 Å². The van der Waals surface area contributed by atoms with Crippen molar-refractivity contribution in [2.45, 2.75) is 32.2 Å². The average Bonchev–Trinajstić information content (AvgIpc) is 2.75. The first-order valence-electron chi connectivity index (χ1n) is 6.16. The second-order valence-corrected chi connectivity index (χ2v) is 5.20. The quantitative estimate of drug-likeness (QED) is 0.878. The monoisotopic (exact) mass is 280 g/mol. The summed E-state index contributed by atoms with van der Waals surface area (Å²) >= 11 is 6.17. The second kappa shape index (κ2) is 5.17. The van der Waals surface area contributed by atoms with E-state index in [0.29, 0.717) is 11.5 Å². The highest BCUT2D eigenvalue weighted by Crippen LogP contribution is 2.27. The predicted octanol–water partition coefficient (Wildman–Crippen LogP) is 2.35. The molecule has 6 heteroatoms. The molecule has 2 rings (SSSR count). The van der Waals surface area contributed by atoms with Gasteiger partial charge in [0.25, 0.3) is 0 Å². The van der Waals surface area contributed by atoms with Crippen molar-refractivity contribution in [1.82, 2.24) is 19.9 Å². The minimum atomic E-state index is -0.402. The van der Waals surface area contributed by atoms with E-state index in [0.717, 1.165) is 11.2 Å². The Labute approximate surface area is 117 Å². The molecule has 2 unspecified atom stereocenters. The zero-order valence-electron chi connectivity index (χ0n) is 11.4. The van der Waals surface area contributed by atoms with Gasteiger partial charge in [-0.1, -0.05) is 0 Å². The molecule has 2 heterocycles. The number of rotatable bonds is 3. The number of amides is 1. The van der Waals surface area contributed by atoms with Crippen LogP contribution in [0.5, 0.6) is 0 Å². The van der Waals surface area contributed by atoms with Crippen LogP contribution >= 0.6 is 11.6 Å². The highest BCUT2D eigenvalue weighted by Gasteiger charge is 2.23. The number of carbonyl (C=O) groups excluding carboxylic acids is 1. The number of likely N-dealkylation sites (N-methyl/N-ethyl adjacent to an activating group) is 1.